The largest absolute Gasteiger partial charge is 0.460 e. The van der Waals surface area contributed by atoms with E-state index in [1.165, 1.54) is 31.2 Å². The van der Waals surface area contributed by atoms with E-state index in [-0.39, 0.29) is 6.61 Å². The van der Waals surface area contributed by atoms with Gasteiger partial charge in [0.05, 0.1) is 6.61 Å². The Morgan fingerprint density at radius 1 is 1.32 bits per heavy atom. The van der Waals surface area contributed by atoms with Gasteiger partial charge in [-0.05, 0) is 37.3 Å². The van der Waals surface area contributed by atoms with Crippen LogP contribution < -0.4 is 0 Å². The lowest BCUT2D eigenvalue weighted by Gasteiger charge is -2.12. The number of Topliss-reactive ketones (excluding diaryl/α,β-unsaturated/α-hetero) is 1. The molecule has 2 rings (SSSR count). The van der Waals surface area contributed by atoms with Crippen molar-refractivity contribution < 1.29 is 14.3 Å². The molecule has 0 radical (unpaired) electrons. The van der Waals surface area contributed by atoms with Crippen LogP contribution in [0.15, 0.2) is 22.7 Å². The van der Waals surface area contributed by atoms with E-state index in [2.05, 4.69) is 15.9 Å². The predicted molar refractivity (Wildman–Crippen MR) is 76.3 cm³/mol. The fraction of sp³-hybridized carbons (Fsp3) is 0.467. The second-order valence-corrected chi connectivity index (χ2v) is 5.62. The first-order chi connectivity index (χ1) is 9.13. The van der Waals surface area contributed by atoms with Crippen LogP contribution in [0.3, 0.4) is 0 Å². The second kappa shape index (κ2) is 6.33. The summed E-state index contributed by atoms with van der Waals surface area (Å²) in [6.07, 6.45) is 4.93. The molecule has 1 aliphatic rings. The molecule has 102 valence electrons. The molecule has 19 heavy (non-hydrogen) atoms. The number of hydrogen-bond acceptors (Lipinski definition) is 3. The first kappa shape index (κ1) is 14.3. The van der Waals surface area contributed by atoms with E-state index in [4.69, 9.17) is 4.74 Å². The quantitative estimate of drug-likeness (QED) is 0.480. The van der Waals surface area contributed by atoms with Gasteiger partial charge in [0.1, 0.15) is 0 Å². The Labute approximate surface area is 121 Å². The molecular formula is C15H17BrO3. The molecule has 1 fully saturated rings. The number of carbonyl (C=O) groups excluding carboxylic acids is 2. The number of rotatable bonds is 4. The van der Waals surface area contributed by atoms with Crippen LogP contribution in [0.1, 0.15) is 54.4 Å². The molecule has 0 amide bonds. The zero-order valence-electron chi connectivity index (χ0n) is 10.9. The smallest absolute Gasteiger partial charge is 0.379 e. The minimum atomic E-state index is -0.789. The van der Waals surface area contributed by atoms with Crippen LogP contribution >= 0.6 is 15.9 Å². The van der Waals surface area contributed by atoms with Gasteiger partial charge in [-0.3, -0.25) is 4.79 Å². The number of ketones is 1. The van der Waals surface area contributed by atoms with Gasteiger partial charge in [-0.1, -0.05) is 40.9 Å². The Kier molecular flexibility index (Phi) is 4.75. The number of esters is 1. The molecule has 0 bridgehead atoms. The Morgan fingerprint density at radius 3 is 2.58 bits per heavy atom. The van der Waals surface area contributed by atoms with Crippen molar-refractivity contribution >= 4 is 27.7 Å². The van der Waals surface area contributed by atoms with Crippen molar-refractivity contribution in [3.05, 3.63) is 33.8 Å². The Balaban J connectivity index is 2.18. The summed E-state index contributed by atoms with van der Waals surface area (Å²) in [6.45, 7) is 1.90. The van der Waals surface area contributed by atoms with Crippen molar-refractivity contribution in [1.82, 2.24) is 0 Å². The monoisotopic (exact) mass is 324 g/mol. The molecule has 0 atom stereocenters. The van der Waals surface area contributed by atoms with Crippen molar-refractivity contribution in [3.8, 4) is 0 Å². The van der Waals surface area contributed by atoms with Gasteiger partial charge in [0.15, 0.2) is 0 Å². The van der Waals surface area contributed by atoms with E-state index in [1.54, 1.807) is 19.1 Å². The normalized spacial score (nSPS) is 15.5. The number of benzene rings is 1. The Bertz CT molecular complexity index is 490. The summed E-state index contributed by atoms with van der Waals surface area (Å²) >= 11 is 3.51. The molecule has 0 aliphatic heterocycles. The van der Waals surface area contributed by atoms with E-state index in [1.807, 2.05) is 6.07 Å². The van der Waals surface area contributed by atoms with Crippen molar-refractivity contribution in [2.45, 2.75) is 38.5 Å². The molecule has 0 unspecified atom stereocenters. The fourth-order valence-corrected chi connectivity index (χ4v) is 3.25. The van der Waals surface area contributed by atoms with Crippen molar-refractivity contribution in [3.63, 3.8) is 0 Å². The predicted octanol–water partition coefficient (Wildman–Crippen LogP) is 3.85. The van der Waals surface area contributed by atoms with Gasteiger partial charge in [-0.2, -0.15) is 0 Å². The highest BCUT2D eigenvalue weighted by atomic mass is 79.9. The average Bonchev–Trinajstić information content (AvgIpc) is 2.91. The van der Waals surface area contributed by atoms with E-state index in [0.29, 0.717) is 11.5 Å². The molecule has 0 spiro atoms. The second-order valence-electron chi connectivity index (χ2n) is 4.77. The average molecular weight is 325 g/mol. The third kappa shape index (κ3) is 3.24. The van der Waals surface area contributed by atoms with E-state index < -0.39 is 11.8 Å². The first-order valence-corrected chi connectivity index (χ1v) is 7.43. The molecule has 3 nitrogen and oxygen atoms in total. The molecule has 0 aromatic heterocycles. The summed E-state index contributed by atoms with van der Waals surface area (Å²) in [5.41, 5.74) is 1.62. The summed E-state index contributed by atoms with van der Waals surface area (Å²) in [6, 6.07) is 5.40. The van der Waals surface area contributed by atoms with Crippen LogP contribution in [0, 0.1) is 0 Å². The highest BCUT2D eigenvalue weighted by molar-refractivity contribution is 9.10. The van der Waals surface area contributed by atoms with Gasteiger partial charge < -0.3 is 4.74 Å². The van der Waals surface area contributed by atoms with Gasteiger partial charge in [-0.25, -0.2) is 4.79 Å². The summed E-state index contributed by atoms with van der Waals surface area (Å²) < 4.78 is 5.64. The lowest BCUT2D eigenvalue weighted by Crippen LogP contribution is -2.17. The van der Waals surface area contributed by atoms with Gasteiger partial charge in [0.2, 0.25) is 0 Å². The Hall–Kier alpha value is -1.16. The SMILES string of the molecule is CCOC(=O)C(=O)c1ccc(C2CCCC2)c(Br)c1. The van der Waals surface area contributed by atoms with Gasteiger partial charge >= 0.3 is 5.97 Å². The molecule has 1 aliphatic carbocycles. The van der Waals surface area contributed by atoms with Crippen LogP contribution in [0.5, 0.6) is 0 Å². The maximum absolute atomic E-state index is 11.8. The van der Waals surface area contributed by atoms with Crippen LogP contribution in [-0.2, 0) is 9.53 Å². The molecule has 1 saturated carbocycles. The maximum atomic E-state index is 11.8. The topological polar surface area (TPSA) is 43.4 Å². The lowest BCUT2D eigenvalue weighted by molar-refractivity contribution is -0.137. The summed E-state index contributed by atoms with van der Waals surface area (Å²) in [5.74, 6) is -0.801. The Morgan fingerprint density at radius 2 is 2.00 bits per heavy atom. The zero-order chi connectivity index (χ0) is 13.8. The summed E-state index contributed by atoms with van der Waals surface area (Å²) in [4.78, 5) is 23.2. The van der Waals surface area contributed by atoms with E-state index >= 15 is 0 Å². The molecule has 0 saturated heterocycles. The first-order valence-electron chi connectivity index (χ1n) is 6.64. The molecular weight excluding hydrogens is 308 g/mol. The summed E-state index contributed by atoms with van der Waals surface area (Å²) in [5, 5.41) is 0. The van der Waals surface area contributed by atoms with E-state index in [0.717, 1.165) is 4.47 Å². The number of hydrogen-bond donors (Lipinski definition) is 0. The van der Waals surface area contributed by atoms with Gasteiger partial charge in [0, 0.05) is 10.0 Å². The minimum Gasteiger partial charge on any atom is -0.460 e. The number of carbonyl (C=O) groups is 2. The van der Waals surface area contributed by atoms with Crippen LogP contribution in [0.25, 0.3) is 0 Å². The maximum Gasteiger partial charge on any atom is 0.379 e. The van der Waals surface area contributed by atoms with Gasteiger partial charge in [0.25, 0.3) is 5.78 Å². The lowest BCUT2D eigenvalue weighted by atomic mass is 9.96. The van der Waals surface area contributed by atoms with Crippen molar-refractivity contribution in [1.29, 1.82) is 0 Å². The zero-order valence-corrected chi connectivity index (χ0v) is 12.5. The molecule has 4 heteroatoms. The molecule has 1 aromatic carbocycles. The fourth-order valence-electron chi connectivity index (χ4n) is 2.55. The molecule has 0 heterocycles. The standard InChI is InChI=1S/C15H17BrO3/c1-2-19-15(18)14(17)11-7-8-12(13(16)9-11)10-5-3-4-6-10/h7-10H,2-6H2,1H3. The van der Waals surface area contributed by atoms with E-state index in [9.17, 15) is 9.59 Å². The number of halogens is 1. The minimum absolute atomic E-state index is 0.214. The van der Waals surface area contributed by atoms with Gasteiger partial charge in [-0.15, -0.1) is 0 Å². The highest BCUT2D eigenvalue weighted by Gasteiger charge is 2.22. The number of ether oxygens (including phenoxy) is 1. The molecule has 0 N–H and O–H groups in total. The highest BCUT2D eigenvalue weighted by Crippen LogP contribution is 2.37. The molecule has 1 aromatic rings. The van der Waals surface area contributed by atoms with Crippen LogP contribution in [0.2, 0.25) is 0 Å². The van der Waals surface area contributed by atoms with Crippen molar-refractivity contribution in [2.24, 2.45) is 0 Å². The van der Waals surface area contributed by atoms with Crippen molar-refractivity contribution in [2.75, 3.05) is 6.61 Å². The summed E-state index contributed by atoms with van der Waals surface area (Å²) in [7, 11) is 0. The third-order valence-corrected chi connectivity index (χ3v) is 4.21. The third-order valence-electron chi connectivity index (χ3n) is 3.52. The van der Waals surface area contributed by atoms with Crippen LogP contribution in [-0.4, -0.2) is 18.4 Å². The van der Waals surface area contributed by atoms with Crippen LogP contribution in [0.4, 0.5) is 0 Å².